The summed E-state index contributed by atoms with van der Waals surface area (Å²) >= 11 is 0. The van der Waals surface area contributed by atoms with Gasteiger partial charge in [0.2, 0.25) is 0 Å². The predicted molar refractivity (Wildman–Crippen MR) is 176 cm³/mol. The summed E-state index contributed by atoms with van der Waals surface area (Å²) in [7, 11) is 6.06. The van der Waals surface area contributed by atoms with Crippen LogP contribution < -0.4 is 18.9 Å². The van der Waals surface area contributed by atoms with Crippen LogP contribution in [0.3, 0.4) is 0 Å². The van der Waals surface area contributed by atoms with Gasteiger partial charge >= 0.3 is 0 Å². The molecule has 0 aromatic heterocycles. The molecule has 0 spiro atoms. The molecule has 4 aliphatic rings. The lowest BCUT2D eigenvalue weighted by Crippen LogP contribution is -2.38. The Hall–Kier alpha value is -4.00. The molecule has 4 heterocycles. The molecule has 1 unspecified atom stereocenters. The van der Waals surface area contributed by atoms with E-state index in [1.165, 1.54) is 27.8 Å². The van der Waals surface area contributed by atoms with E-state index in [9.17, 15) is 0 Å². The Morgan fingerprint density at radius 2 is 1.66 bits per heavy atom. The average molecular weight is 593 g/mol. The van der Waals surface area contributed by atoms with Gasteiger partial charge in [-0.3, -0.25) is 9.80 Å². The summed E-state index contributed by atoms with van der Waals surface area (Å²) in [6.45, 7) is 14.7. The fourth-order valence-electron chi connectivity index (χ4n) is 6.64. The number of methoxy groups -OCH3 is 1. The van der Waals surface area contributed by atoms with Crippen molar-refractivity contribution in [1.29, 1.82) is 0 Å². The van der Waals surface area contributed by atoms with E-state index in [2.05, 4.69) is 87.6 Å². The lowest BCUT2D eigenvalue weighted by Gasteiger charge is -2.37. The number of nitrogens with zero attached hydrogens (tertiary/aromatic N) is 2. The zero-order chi connectivity index (χ0) is 31.1. The van der Waals surface area contributed by atoms with Gasteiger partial charge in [-0.1, -0.05) is 37.3 Å². The maximum Gasteiger partial charge on any atom is 0.175 e. The molecule has 230 valence electrons. The number of hydrogen-bond donors (Lipinski definition) is 0. The van der Waals surface area contributed by atoms with Crippen molar-refractivity contribution in [3.05, 3.63) is 112 Å². The molecule has 0 aliphatic carbocycles. The maximum absolute atomic E-state index is 6.96. The first kappa shape index (κ1) is 30.0. The molecular weight excluding hydrogens is 548 g/mol. The lowest BCUT2D eigenvalue weighted by molar-refractivity contribution is 0.226. The summed E-state index contributed by atoms with van der Waals surface area (Å²) < 4.78 is 25.8. The number of benzene rings is 3. The Labute approximate surface area is 262 Å². The van der Waals surface area contributed by atoms with Crippen LogP contribution in [0.2, 0.25) is 0 Å². The molecule has 0 saturated heterocycles. The molecule has 0 amide bonds. The van der Waals surface area contributed by atoms with Gasteiger partial charge in [-0.2, -0.15) is 0 Å². The van der Waals surface area contributed by atoms with Crippen molar-refractivity contribution >= 4 is 0 Å². The lowest BCUT2D eigenvalue weighted by atomic mass is 9.88. The fraction of sp³-hybridized carbons (Fsp3) is 0.368. The molecule has 0 saturated carbocycles. The Kier molecular flexibility index (Phi) is 8.32. The molecule has 0 radical (unpaired) electrons. The second-order valence-electron chi connectivity index (χ2n) is 12.5. The Morgan fingerprint density at radius 3 is 2.34 bits per heavy atom. The number of hydrogen-bond acceptors (Lipinski definition) is 6. The van der Waals surface area contributed by atoms with Gasteiger partial charge in [-0.15, -0.1) is 0 Å². The highest BCUT2D eigenvalue weighted by molar-refractivity contribution is 5.57. The van der Waals surface area contributed by atoms with Crippen molar-refractivity contribution in [2.75, 3.05) is 34.3 Å². The third-order valence-corrected chi connectivity index (χ3v) is 9.23. The molecule has 4 aliphatic heterocycles. The van der Waals surface area contributed by atoms with E-state index in [0.29, 0.717) is 5.76 Å². The van der Waals surface area contributed by atoms with Crippen LogP contribution in [0.1, 0.15) is 56.0 Å². The zero-order valence-corrected chi connectivity index (χ0v) is 27.1. The van der Waals surface area contributed by atoms with E-state index < -0.39 is 0 Å². The number of likely N-dealkylation sites (N-methyl/N-ethyl adjacent to an activating group) is 2. The van der Waals surface area contributed by atoms with Crippen molar-refractivity contribution in [2.24, 2.45) is 0 Å². The molecule has 3 aromatic carbocycles. The van der Waals surface area contributed by atoms with Gasteiger partial charge in [0.25, 0.3) is 0 Å². The van der Waals surface area contributed by atoms with Crippen LogP contribution in [-0.2, 0) is 19.3 Å². The highest BCUT2D eigenvalue weighted by atomic mass is 16.6. The van der Waals surface area contributed by atoms with Gasteiger partial charge in [0, 0.05) is 24.2 Å². The van der Waals surface area contributed by atoms with Crippen molar-refractivity contribution < 1.29 is 18.9 Å². The minimum Gasteiger partial charge on any atom is -0.493 e. The Morgan fingerprint density at radius 1 is 0.932 bits per heavy atom. The largest absolute Gasteiger partial charge is 0.493 e. The Balaban J connectivity index is 1.56. The second-order valence-corrected chi connectivity index (χ2v) is 12.5. The van der Waals surface area contributed by atoms with Gasteiger partial charge in [-0.05, 0) is 125 Å². The maximum atomic E-state index is 6.96. The van der Waals surface area contributed by atoms with E-state index in [4.69, 9.17) is 18.9 Å². The van der Waals surface area contributed by atoms with Crippen LogP contribution in [0.25, 0.3) is 0 Å². The molecule has 7 rings (SSSR count). The quantitative estimate of drug-likeness (QED) is 0.306. The van der Waals surface area contributed by atoms with Gasteiger partial charge in [0.15, 0.2) is 34.5 Å². The molecule has 44 heavy (non-hydrogen) atoms. The molecule has 2 atom stereocenters. The van der Waals surface area contributed by atoms with Crippen molar-refractivity contribution in [3.63, 3.8) is 0 Å². The van der Waals surface area contributed by atoms with Crippen molar-refractivity contribution in [2.45, 2.75) is 59.0 Å². The molecule has 3 aromatic rings. The predicted octanol–water partition coefficient (Wildman–Crippen LogP) is 8.03. The summed E-state index contributed by atoms with van der Waals surface area (Å²) in [6.07, 6.45) is 2.57. The number of fused-ring (bicyclic) bond motifs is 4. The van der Waals surface area contributed by atoms with Gasteiger partial charge in [-0.25, -0.2) is 0 Å². The average Bonchev–Trinajstić information content (AvgIpc) is 3.01. The smallest absolute Gasteiger partial charge is 0.175 e. The number of ether oxygens (including phenoxy) is 4. The monoisotopic (exact) mass is 592 g/mol. The van der Waals surface area contributed by atoms with Gasteiger partial charge in [0.1, 0.15) is 5.75 Å². The molecule has 6 heteroatoms. The molecular formula is C38H44N2O4. The highest BCUT2D eigenvalue weighted by Gasteiger charge is 2.34. The van der Waals surface area contributed by atoms with E-state index in [0.717, 1.165) is 78.0 Å². The first-order chi connectivity index (χ1) is 21.2. The third kappa shape index (κ3) is 5.64. The molecule has 6 nitrogen and oxygen atoms in total. The SMILES string of the molecule is C=C(C)C1=C2Oc3cc4c(cc3O1)CCN(C)[C@H]4Cc1ccc(OC)c(c1)Oc1ccc(cc1)CC(N(C)CC)C2=C(C)C. The fourth-order valence-corrected chi connectivity index (χ4v) is 6.64. The summed E-state index contributed by atoms with van der Waals surface area (Å²) in [5.41, 5.74) is 8.12. The van der Waals surface area contributed by atoms with Gasteiger partial charge in [0.05, 0.1) is 7.11 Å². The number of allylic oxidation sites excluding steroid dienone is 2. The number of rotatable bonds is 4. The Bertz CT molecular complexity index is 1650. The summed E-state index contributed by atoms with van der Waals surface area (Å²) in [6, 6.07) is 19.3. The van der Waals surface area contributed by atoms with Crippen LogP contribution in [0.4, 0.5) is 0 Å². The minimum absolute atomic E-state index is 0.0541. The summed E-state index contributed by atoms with van der Waals surface area (Å²) in [5.74, 6) is 5.19. The molecule has 0 N–H and O–H groups in total. The van der Waals surface area contributed by atoms with Crippen LogP contribution in [0.5, 0.6) is 28.7 Å². The van der Waals surface area contributed by atoms with Crippen LogP contribution in [-0.4, -0.2) is 50.1 Å². The normalized spacial score (nSPS) is 19.6. The molecule has 7 bridgehead atoms. The summed E-state index contributed by atoms with van der Waals surface area (Å²) in [5, 5.41) is 0. The van der Waals surface area contributed by atoms with E-state index in [1.54, 1.807) is 7.11 Å². The molecule has 0 fully saturated rings. The minimum atomic E-state index is 0.0541. The van der Waals surface area contributed by atoms with Crippen LogP contribution in [0, 0.1) is 0 Å². The topological polar surface area (TPSA) is 43.4 Å². The third-order valence-electron chi connectivity index (χ3n) is 9.23. The highest BCUT2D eigenvalue weighted by Crippen LogP contribution is 2.46. The first-order valence-electron chi connectivity index (χ1n) is 15.6. The van der Waals surface area contributed by atoms with Crippen LogP contribution in [0.15, 0.2) is 89.4 Å². The zero-order valence-electron chi connectivity index (χ0n) is 27.1. The van der Waals surface area contributed by atoms with E-state index in [1.807, 2.05) is 25.1 Å². The standard InChI is InChI=1S/C38H44N2O4/c1-9-39(6)31-18-25-10-13-28(14-11-25)42-33-20-26(12-15-32(33)41-8)19-30-29-22-35-34(21-27(29)16-17-40(30)7)43-37(24(4)5)38(44-35)36(31)23(2)3/h10-15,20-22,30-31H,4,9,16-19H2,1-3,5-8H3/t30-,31?/m0/s1. The second kappa shape index (κ2) is 12.2. The van der Waals surface area contributed by atoms with Crippen molar-refractivity contribution in [1.82, 2.24) is 9.80 Å². The van der Waals surface area contributed by atoms with E-state index >= 15 is 0 Å². The summed E-state index contributed by atoms with van der Waals surface area (Å²) in [4.78, 5) is 4.81. The van der Waals surface area contributed by atoms with E-state index in [-0.39, 0.29) is 12.1 Å². The first-order valence-corrected chi connectivity index (χ1v) is 15.6. The van der Waals surface area contributed by atoms with Crippen LogP contribution >= 0.6 is 0 Å². The van der Waals surface area contributed by atoms with Gasteiger partial charge < -0.3 is 18.9 Å². The van der Waals surface area contributed by atoms with Crippen molar-refractivity contribution in [3.8, 4) is 28.7 Å².